The van der Waals surface area contributed by atoms with Crippen molar-refractivity contribution in [1.29, 1.82) is 0 Å². The lowest BCUT2D eigenvalue weighted by molar-refractivity contribution is -0.141. The molecule has 1 atom stereocenters. The van der Waals surface area contributed by atoms with Crippen LogP contribution in [-0.2, 0) is 19.6 Å². The van der Waals surface area contributed by atoms with Crippen LogP contribution in [0.4, 0.5) is 0 Å². The van der Waals surface area contributed by atoms with Crippen molar-refractivity contribution in [3.05, 3.63) is 17.5 Å². The van der Waals surface area contributed by atoms with Gasteiger partial charge in [0.15, 0.2) is 0 Å². The quantitative estimate of drug-likeness (QED) is 0.641. The number of thiophene rings is 1. The fourth-order valence-electron chi connectivity index (χ4n) is 1.39. The van der Waals surface area contributed by atoms with E-state index in [9.17, 15) is 18.0 Å². The van der Waals surface area contributed by atoms with Crippen molar-refractivity contribution in [3.63, 3.8) is 0 Å². The fraction of sp³-hybridized carbons (Fsp3) is 0.455. The number of carbonyl (C=O) groups is 2. The van der Waals surface area contributed by atoms with E-state index in [2.05, 4.69) is 10.0 Å². The minimum absolute atomic E-state index is 0.0812. The van der Waals surface area contributed by atoms with Gasteiger partial charge in [0.25, 0.3) is 0 Å². The van der Waals surface area contributed by atoms with Gasteiger partial charge in [0.2, 0.25) is 15.9 Å². The van der Waals surface area contributed by atoms with Crippen LogP contribution in [0.25, 0.3) is 0 Å². The van der Waals surface area contributed by atoms with Crippen LogP contribution in [0.3, 0.4) is 0 Å². The molecular weight excluding hydrogens is 304 g/mol. The standard InChI is InChI=1S/C11H16N2O5S2/c1-2-8(11(15)16)13-9(14)5-6-12-20(17,18)10-4-3-7-19-10/h3-4,7-8,12H,2,5-6H2,1H3,(H,13,14)(H,15,16)/t8-/m0/s1. The lowest BCUT2D eigenvalue weighted by Crippen LogP contribution is -2.41. The molecule has 0 aliphatic heterocycles. The van der Waals surface area contributed by atoms with Crippen molar-refractivity contribution in [2.45, 2.75) is 30.0 Å². The van der Waals surface area contributed by atoms with E-state index < -0.39 is 27.9 Å². The number of amides is 1. The molecular formula is C11H16N2O5S2. The van der Waals surface area contributed by atoms with E-state index in [1.807, 2.05) is 0 Å². The number of rotatable bonds is 8. The summed E-state index contributed by atoms with van der Waals surface area (Å²) >= 11 is 1.08. The summed E-state index contributed by atoms with van der Waals surface area (Å²) in [4.78, 5) is 22.2. The van der Waals surface area contributed by atoms with Crippen molar-refractivity contribution in [2.24, 2.45) is 0 Å². The summed E-state index contributed by atoms with van der Waals surface area (Å²) in [6.45, 7) is 1.56. The topological polar surface area (TPSA) is 113 Å². The first-order valence-electron chi connectivity index (χ1n) is 5.92. The van der Waals surface area contributed by atoms with Gasteiger partial charge in [-0.2, -0.15) is 0 Å². The number of nitrogens with one attached hydrogen (secondary N) is 2. The number of hydrogen-bond donors (Lipinski definition) is 3. The maximum atomic E-state index is 11.7. The van der Waals surface area contributed by atoms with Crippen LogP contribution in [0.5, 0.6) is 0 Å². The van der Waals surface area contributed by atoms with Crippen LogP contribution in [0.15, 0.2) is 21.7 Å². The van der Waals surface area contributed by atoms with Gasteiger partial charge in [-0.1, -0.05) is 13.0 Å². The summed E-state index contributed by atoms with van der Waals surface area (Å²) in [5, 5.41) is 12.7. The van der Waals surface area contributed by atoms with Crippen molar-refractivity contribution >= 4 is 33.2 Å². The van der Waals surface area contributed by atoms with Crippen LogP contribution >= 0.6 is 11.3 Å². The van der Waals surface area contributed by atoms with Gasteiger partial charge < -0.3 is 10.4 Å². The average molecular weight is 320 g/mol. The molecule has 3 N–H and O–H groups in total. The Morgan fingerprint density at radius 3 is 2.65 bits per heavy atom. The maximum Gasteiger partial charge on any atom is 0.326 e. The summed E-state index contributed by atoms with van der Waals surface area (Å²) in [5.74, 6) is -1.62. The Morgan fingerprint density at radius 2 is 2.15 bits per heavy atom. The molecule has 0 radical (unpaired) electrons. The molecule has 1 rings (SSSR count). The second-order valence-corrected chi connectivity index (χ2v) is 6.89. The van der Waals surface area contributed by atoms with E-state index in [1.165, 1.54) is 6.07 Å². The van der Waals surface area contributed by atoms with E-state index >= 15 is 0 Å². The molecule has 0 fully saturated rings. The monoisotopic (exact) mass is 320 g/mol. The van der Waals surface area contributed by atoms with Crippen LogP contribution in [0, 0.1) is 0 Å². The second kappa shape index (κ2) is 7.36. The molecule has 7 nitrogen and oxygen atoms in total. The molecule has 1 aromatic heterocycles. The first-order chi connectivity index (χ1) is 9.36. The van der Waals surface area contributed by atoms with Gasteiger partial charge >= 0.3 is 5.97 Å². The van der Waals surface area contributed by atoms with Crippen molar-refractivity contribution in [2.75, 3.05) is 6.54 Å². The highest BCUT2D eigenvalue weighted by Crippen LogP contribution is 2.14. The molecule has 0 aliphatic carbocycles. The minimum atomic E-state index is -3.59. The minimum Gasteiger partial charge on any atom is -0.480 e. The van der Waals surface area contributed by atoms with Crippen molar-refractivity contribution in [3.8, 4) is 0 Å². The van der Waals surface area contributed by atoms with Crippen LogP contribution in [-0.4, -0.2) is 38.0 Å². The Bertz CT molecular complexity index is 553. The lowest BCUT2D eigenvalue weighted by Gasteiger charge is -2.12. The summed E-state index contributed by atoms with van der Waals surface area (Å²) in [7, 11) is -3.59. The van der Waals surface area contributed by atoms with E-state index in [-0.39, 0.29) is 23.6 Å². The molecule has 0 aromatic carbocycles. The number of carboxylic acids is 1. The largest absolute Gasteiger partial charge is 0.480 e. The summed E-state index contributed by atoms with van der Waals surface area (Å²) in [6.07, 6.45) is 0.149. The first kappa shape index (κ1) is 16.6. The van der Waals surface area contributed by atoms with Gasteiger partial charge in [0.05, 0.1) is 0 Å². The number of sulfonamides is 1. The Labute approximate surface area is 121 Å². The molecule has 0 bridgehead atoms. The van der Waals surface area contributed by atoms with Gasteiger partial charge in [-0.15, -0.1) is 11.3 Å². The molecule has 0 spiro atoms. The van der Waals surface area contributed by atoms with E-state index in [0.717, 1.165) is 11.3 Å². The van der Waals surface area contributed by atoms with Crippen molar-refractivity contribution in [1.82, 2.24) is 10.0 Å². The molecule has 1 amide bonds. The van der Waals surface area contributed by atoms with Gasteiger partial charge in [0, 0.05) is 13.0 Å². The Morgan fingerprint density at radius 1 is 1.45 bits per heavy atom. The average Bonchev–Trinajstić information content (AvgIpc) is 2.89. The van der Waals surface area contributed by atoms with E-state index in [4.69, 9.17) is 5.11 Å². The molecule has 0 aliphatic rings. The van der Waals surface area contributed by atoms with Gasteiger partial charge in [-0.3, -0.25) is 4.79 Å². The number of aliphatic carboxylic acids is 1. The first-order valence-corrected chi connectivity index (χ1v) is 8.28. The molecule has 0 saturated carbocycles. The lowest BCUT2D eigenvalue weighted by atomic mass is 10.2. The SMILES string of the molecule is CC[C@H](NC(=O)CCNS(=O)(=O)c1cccs1)C(=O)O. The third-order valence-corrected chi connectivity index (χ3v) is 5.30. The molecule has 112 valence electrons. The predicted octanol–water partition coefficient (Wildman–Crippen LogP) is 0.396. The van der Waals surface area contributed by atoms with Crippen LogP contribution in [0.1, 0.15) is 19.8 Å². The van der Waals surface area contributed by atoms with Gasteiger partial charge in [0.1, 0.15) is 10.3 Å². The Hall–Kier alpha value is -1.45. The third kappa shape index (κ3) is 4.91. The molecule has 1 aromatic rings. The molecule has 0 unspecified atom stereocenters. The molecule has 1 heterocycles. The second-order valence-electron chi connectivity index (χ2n) is 3.95. The van der Waals surface area contributed by atoms with E-state index in [0.29, 0.717) is 0 Å². The summed E-state index contributed by atoms with van der Waals surface area (Å²) in [6, 6.07) is 2.13. The Kier molecular flexibility index (Phi) is 6.11. The zero-order valence-corrected chi connectivity index (χ0v) is 12.5. The van der Waals surface area contributed by atoms with Gasteiger partial charge in [-0.25, -0.2) is 17.9 Å². The maximum absolute atomic E-state index is 11.7. The number of hydrogen-bond acceptors (Lipinski definition) is 5. The van der Waals surface area contributed by atoms with Crippen LogP contribution < -0.4 is 10.0 Å². The van der Waals surface area contributed by atoms with Crippen molar-refractivity contribution < 1.29 is 23.1 Å². The summed E-state index contributed by atoms with van der Waals surface area (Å²) in [5.41, 5.74) is 0. The predicted molar refractivity (Wildman–Crippen MR) is 74.0 cm³/mol. The Balaban J connectivity index is 2.41. The number of carboxylic acid groups (broad SMARTS) is 1. The van der Waals surface area contributed by atoms with E-state index in [1.54, 1.807) is 18.4 Å². The highest BCUT2D eigenvalue weighted by atomic mass is 32.2. The number of carbonyl (C=O) groups excluding carboxylic acids is 1. The zero-order valence-electron chi connectivity index (χ0n) is 10.8. The molecule has 0 saturated heterocycles. The summed E-state index contributed by atoms with van der Waals surface area (Å²) < 4.78 is 25.9. The fourth-order valence-corrected chi connectivity index (χ4v) is 3.46. The normalized spacial score (nSPS) is 12.8. The zero-order chi connectivity index (χ0) is 15.2. The highest BCUT2D eigenvalue weighted by molar-refractivity contribution is 7.91. The van der Waals surface area contributed by atoms with Gasteiger partial charge in [-0.05, 0) is 17.9 Å². The van der Waals surface area contributed by atoms with Crippen LogP contribution in [0.2, 0.25) is 0 Å². The molecule has 9 heteroatoms. The molecule has 20 heavy (non-hydrogen) atoms. The highest BCUT2D eigenvalue weighted by Gasteiger charge is 2.18. The smallest absolute Gasteiger partial charge is 0.326 e. The third-order valence-electron chi connectivity index (χ3n) is 2.45.